The number of hydrogen-bond donors (Lipinski definition) is 0. The second kappa shape index (κ2) is 8.75. The second-order valence-corrected chi connectivity index (χ2v) is 8.23. The molecule has 0 bridgehead atoms. The average molecular weight is 377 g/mol. The summed E-state index contributed by atoms with van der Waals surface area (Å²) in [7, 11) is 0. The molecule has 0 radical (unpaired) electrons. The molecule has 0 spiro atoms. The molecule has 26 heavy (non-hydrogen) atoms. The summed E-state index contributed by atoms with van der Waals surface area (Å²) in [5, 5.41) is 9.55. The molecule has 1 aliphatic rings. The van der Waals surface area contributed by atoms with Gasteiger partial charge in [-0.15, -0.1) is 10.2 Å². The summed E-state index contributed by atoms with van der Waals surface area (Å²) in [6, 6.07) is 1.92. The molecule has 2 aromatic heterocycles. The molecule has 6 nitrogen and oxygen atoms in total. The number of carbonyl (C=O) groups is 1. The average Bonchev–Trinajstić information content (AvgIpc) is 3.07. The van der Waals surface area contributed by atoms with E-state index in [1.54, 1.807) is 6.26 Å². The van der Waals surface area contributed by atoms with Crippen LogP contribution in [0.2, 0.25) is 0 Å². The van der Waals surface area contributed by atoms with Crippen LogP contribution in [0.25, 0.3) is 11.4 Å². The van der Waals surface area contributed by atoms with Gasteiger partial charge in [-0.3, -0.25) is 4.79 Å². The largest absolute Gasteiger partial charge is 0.469 e. The van der Waals surface area contributed by atoms with Gasteiger partial charge in [0.05, 0.1) is 17.6 Å². The number of carbonyl (C=O) groups excluding carboxylic acids is 1. The number of likely N-dealkylation sites (tertiary alicyclic amines) is 1. The van der Waals surface area contributed by atoms with Crippen molar-refractivity contribution in [2.24, 2.45) is 5.92 Å². The zero-order valence-electron chi connectivity index (χ0n) is 15.9. The van der Waals surface area contributed by atoms with E-state index in [2.05, 4.69) is 28.6 Å². The maximum atomic E-state index is 12.6. The molecule has 0 aliphatic carbocycles. The Hall–Kier alpha value is -1.76. The summed E-state index contributed by atoms with van der Waals surface area (Å²) < 4.78 is 7.54. The van der Waals surface area contributed by atoms with Gasteiger partial charge in [-0.1, -0.05) is 38.5 Å². The van der Waals surface area contributed by atoms with Crippen molar-refractivity contribution in [2.75, 3.05) is 18.8 Å². The van der Waals surface area contributed by atoms with Gasteiger partial charge in [-0.2, -0.15) is 0 Å². The first-order valence-electron chi connectivity index (χ1n) is 9.44. The Balaban J connectivity index is 1.74. The Kier molecular flexibility index (Phi) is 6.40. The molecule has 142 valence electrons. The molecule has 0 N–H and O–H groups in total. The molecule has 3 heterocycles. The molecule has 0 aromatic carbocycles. The van der Waals surface area contributed by atoms with Crippen molar-refractivity contribution in [2.45, 2.75) is 58.2 Å². The maximum Gasteiger partial charge on any atom is 0.233 e. The third-order valence-electron chi connectivity index (χ3n) is 4.65. The van der Waals surface area contributed by atoms with Gasteiger partial charge >= 0.3 is 0 Å². The lowest BCUT2D eigenvalue weighted by Crippen LogP contribution is -2.33. The van der Waals surface area contributed by atoms with Crippen LogP contribution in [-0.2, 0) is 11.3 Å². The first-order valence-corrected chi connectivity index (χ1v) is 10.4. The zero-order valence-corrected chi connectivity index (χ0v) is 16.7. The Morgan fingerprint density at radius 2 is 1.96 bits per heavy atom. The SMILES string of the molecule is Cc1occc1-c1nnc(SCC(=O)N2CCCCCC2)n1CC(C)C. The highest BCUT2D eigenvalue weighted by molar-refractivity contribution is 7.99. The molecule has 1 fully saturated rings. The van der Waals surface area contributed by atoms with Crippen LogP contribution in [0, 0.1) is 12.8 Å². The van der Waals surface area contributed by atoms with Crippen molar-refractivity contribution in [1.29, 1.82) is 0 Å². The van der Waals surface area contributed by atoms with Crippen molar-refractivity contribution < 1.29 is 9.21 Å². The van der Waals surface area contributed by atoms with E-state index in [-0.39, 0.29) is 5.91 Å². The van der Waals surface area contributed by atoms with Gasteiger partial charge in [-0.25, -0.2) is 0 Å². The van der Waals surface area contributed by atoms with Gasteiger partial charge in [0.15, 0.2) is 11.0 Å². The van der Waals surface area contributed by atoms with Crippen molar-refractivity contribution in [3.8, 4) is 11.4 Å². The molecule has 1 saturated heterocycles. The highest BCUT2D eigenvalue weighted by Gasteiger charge is 2.21. The van der Waals surface area contributed by atoms with Crippen LogP contribution in [0.3, 0.4) is 0 Å². The third kappa shape index (κ3) is 4.50. The number of amides is 1. The first kappa shape index (κ1) is 19.0. The maximum absolute atomic E-state index is 12.6. The van der Waals surface area contributed by atoms with E-state index in [1.165, 1.54) is 24.6 Å². The standard InChI is InChI=1S/C19H28N4O2S/c1-14(2)12-23-18(16-8-11-25-15(16)3)20-21-19(23)26-13-17(24)22-9-6-4-5-7-10-22/h8,11,14H,4-7,9-10,12-13H2,1-3H3. The van der Waals surface area contributed by atoms with Gasteiger partial charge in [0, 0.05) is 19.6 Å². The van der Waals surface area contributed by atoms with Crippen LogP contribution in [0.5, 0.6) is 0 Å². The molecule has 3 rings (SSSR count). The Morgan fingerprint density at radius 3 is 2.58 bits per heavy atom. The second-order valence-electron chi connectivity index (χ2n) is 7.28. The van der Waals surface area contributed by atoms with Crippen molar-refractivity contribution >= 4 is 17.7 Å². The lowest BCUT2D eigenvalue weighted by molar-refractivity contribution is -0.128. The van der Waals surface area contributed by atoms with E-state index in [0.29, 0.717) is 11.7 Å². The lowest BCUT2D eigenvalue weighted by atomic mass is 10.2. The summed E-state index contributed by atoms with van der Waals surface area (Å²) in [6.07, 6.45) is 6.36. The van der Waals surface area contributed by atoms with Crippen LogP contribution in [-0.4, -0.2) is 44.4 Å². The number of furan rings is 1. The summed E-state index contributed by atoms with van der Waals surface area (Å²) in [5.74, 6) is 2.73. The normalized spacial score (nSPS) is 15.5. The predicted octanol–water partition coefficient (Wildman–Crippen LogP) is 4.00. The molecule has 2 aromatic rings. The monoisotopic (exact) mass is 376 g/mol. The fourth-order valence-corrected chi connectivity index (χ4v) is 4.13. The minimum absolute atomic E-state index is 0.206. The lowest BCUT2D eigenvalue weighted by Gasteiger charge is -2.20. The smallest absolute Gasteiger partial charge is 0.233 e. The van der Waals surface area contributed by atoms with E-state index in [1.807, 2.05) is 17.9 Å². The first-order chi connectivity index (χ1) is 12.6. The summed E-state index contributed by atoms with van der Waals surface area (Å²) in [5.41, 5.74) is 0.962. The Bertz CT molecular complexity index is 730. The van der Waals surface area contributed by atoms with Crippen molar-refractivity contribution in [3.05, 3.63) is 18.1 Å². The van der Waals surface area contributed by atoms with E-state index >= 15 is 0 Å². The minimum Gasteiger partial charge on any atom is -0.469 e. The van der Waals surface area contributed by atoms with E-state index in [0.717, 1.165) is 54.8 Å². The summed E-state index contributed by atoms with van der Waals surface area (Å²) >= 11 is 1.49. The van der Waals surface area contributed by atoms with Gasteiger partial charge < -0.3 is 13.9 Å². The van der Waals surface area contributed by atoms with Crippen molar-refractivity contribution in [1.82, 2.24) is 19.7 Å². The third-order valence-corrected chi connectivity index (χ3v) is 5.60. The Morgan fingerprint density at radius 1 is 1.23 bits per heavy atom. The van der Waals surface area contributed by atoms with Gasteiger partial charge in [-0.05, 0) is 31.7 Å². The molecule has 0 unspecified atom stereocenters. The van der Waals surface area contributed by atoms with Crippen LogP contribution in [0.1, 0.15) is 45.3 Å². The number of aryl methyl sites for hydroxylation is 1. The van der Waals surface area contributed by atoms with Gasteiger partial charge in [0.25, 0.3) is 0 Å². The number of thioether (sulfide) groups is 1. The van der Waals surface area contributed by atoms with Crippen molar-refractivity contribution in [3.63, 3.8) is 0 Å². The number of hydrogen-bond acceptors (Lipinski definition) is 5. The fourth-order valence-electron chi connectivity index (χ4n) is 3.28. The molecular weight excluding hydrogens is 348 g/mol. The molecule has 1 amide bonds. The highest BCUT2D eigenvalue weighted by Crippen LogP contribution is 2.28. The van der Waals surface area contributed by atoms with Gasteiger partial charge in [0.1, 0.15) is 5.76 Å². The fraction of sp³-hybridized carbons (Fsp3) is 0.632. The van der Waals surface area contributed by atoms with Crippen LogP contribution >= 0.6 is 11.8 Å². The van der Waals surface area contributed by atoms with Crippen LogP contribution in [0.15, 0.2) is 21.9 Å². The molecular formula is C19H28N4O2S. The molecule has 7 heteroatoms. The minimum atomic E-state index is 0.206. The quantitative estimate of drug-likeness (QED) is 0.713. The number of rotatable bonds is 6. The van der Waals surface area contributed by atoms with Crippen LogP contribution in [0.4, 0.5) is 0 Å². The predicted molar refractivity (Wildman–Crippen MR) is 103 cm³/mol. The van der Waals surface area contributed by atoms with E-state index < -0.39 is 0 Å². The number of nitrogens with zero attached hydrogens (tertiary/aromatic N) is 4. The molecule has 1 aliphatic heterocycles. The van der Waals surface area contributed by atoms with Gasteiger partial charge in [0.2, 0.25) is 5.91 Å². The zero-order chi connectivity index (χ0) is 18.5. The van der Waals surface area contributed by atoms with Crippen LogP contribution < -0.4 is 0 Å². The topological polar surface area (TPSA) is 64.2 Å². The number of aromatic nitrogens is 3. The highest BCUT2D eigenvalue weighted by atomic mass is 32.2. The van der Waals surface area contributed by atoms with E-state index in [4.69, 9.17) is 4.42 Å². The molecule has 0 saturated carbocycles. The summed E-state index contributed by atoms with van der Waals surface area (Å²) in [4.78, 5) is 14.6. The Labute approximate surface area is 159 Å². The summed E-state index contributed by atoms with van der Waals surface area (Å²) in [6.45, 7) is 8.85. The van der Waals surface area contributed by atoms with E-state index in [9.17, 15) is 4.79 Å². The molecule has 0 atom stereocenters.